The summed E-state index contributed by atoms with van der Waals surface area (Å²) in [5, 5.41) is 0. The summed E-state index contributed by atoms with van der Waals surface area (Å²) >= 11 is 0. The van der Waals surface area contributed by atoms with Gasteiger partial charge in [0.05, 0.1) is 6.04 Å². The van der Waals surface area contributed by atoms with E-state index in [-0.39, 0.29) is 0 Å². The first-order valence-electron chi connectivity index (χ1n) is 7.53. The lowest BCUT2D eigenvalue weighted by Gasteiger charge is -2.40. The minimum absolute atomic E-state index is 0.295. The van der Waals surface area contributed by atoms with Crippen LogP contribution < -0.4 is 4.90 Å². The highest BCUT2D eigenvalue weighted by atomic mass is 15.3. The Kier molecular flexibility index (Phi) is 2.23. The van der Waals surface area contributed by atoms with E-state index in [4.69, 9.17) is 0 Å². The molecule has 0 saturated carbocycles. The Morgan fingerprint density at radius 1 is 1.20 bits per heavy atom. The molecule has 2 aliphatic rings. The van der Waals surface area contributed by atoms with Crippen molar-refractivity contribution < 1.29 is 0 Å². The molecule has 2 nitrogen and oxygen atoms in total. The minimum Gasteiger partial charge on any atom is -0.359 e. The third-order valence-electron chi connectivity index (χ3n) is 5.74. The number of aromatic nitrogens is 1. The summed E-state index contributed by atoms with van der Waals surface area (Å²) in [4.78, 5) is 2.65. The predicted octanol–water partition coefficient (Wildman–Crippen LogP) is 3.94. The molecular weight excluding hydrogens is 244 g/mol. The summed E-state index contributed by atoms with van der Waals surface area (Å²) in [5.41, 5.74) is 6.17. The monoisotopic (exact) mass is 266 g/mol. The Morgan fingerprint density at radius 3 is 2.70 bits per heavy atom. The fourth-order valence-electron chi connectivity index (χ4n) is 4.48. The van der Waals surface area contributed by atoms with Crippen LogP contribution in [0, 0.1) is 6.92 Å². The molecule has 3 atom stereocenters. The molecule has 1 saturated heterocycles. The van der Waals surface area contributed by atoms with Gasteiger partial charge in [-0.05, 0) is 43.5 Å². The molecule has 0 N–H and O–H groups in total. The normalized spacial score (nSPS) is 30.9. The summed E-state index contributed by atoms with van der Waals surface area (Å²) in [7, 11) is 2.18. The highest BCUT2D eigenvalue weighted by Gasteiger charge is 2.56. The maximum Gasteiger partial charge on any atom is 0.0709 e. The van der Waals surface area contributed by atoms with E-state index in [1.54, 1.807) is 5.56 Å². The molecule has 2 unspecified atom stereocenters. The van der Waals surface area contributed by atoms with Gasteiger partial charge in [-0.1, -0.05) is 25.1 Å². The zero-order valence-corrected chi connectivity index (χ0v) is 12.7. The third kappa shape index (κ3) is 1.25. The van der Waals surface area contributed by atoms with E-state index in [0.717, 1.165) is 0 Å². The largest absolute Gasteiger partial charge is 0.359 e. The van der Waals surface area contributed by atoms with Crippen molar-refractivity contribution in [3.8, 4) is 0 Å². The van der Waals surface area contributed by atoms with Crippen molar-refractivity contribution in [1.29, 1.82) is 0 Å². The van der Waals surface area contributed by atoms with Gasteiger partial charge >= 0.3 is 0 Å². The van der Waals surface area contributed by atoms with E-state index in [0.29, 0.717) is 17.5 Å². The van der Waals surface area contributed by atoms with Gasteiger partial charge in [0.2, 0.25) is 0 Å². The lowest BCUT2D eigenvalue weighted by Crippen LogP contribution is -2.43. The number of rotatable bonds is 1. The van der Waals surface area contributed by atoms with Crippen LogP contribution in [0.15, 0.2) is 36.5 Å². The summed E-state index contributed by atoms with van der Waals surface area (Å²) < 4.78 is 2.32. The van der Waals surface area contributed by atoms with Crippen molar-refractivity contribution in [1.82, 2.24) is 4.57 Å². The van der Waals surface area contributed by atoms with Crippen LogP contribution in [0.4, 0.5) is 5.69 Å². The van der Waals surface area contributed by atoms with Crippen molar-refractivity contribution in [2.24, 2.45) is 7.05 Å². The first kappa shape index (κ1) is 12.1. The van der Waals surface area contributed by atoms with Crippen molar-refractivity contribution >= 4 is 5.69 Å². The molecule has 1 aliphatic heterocycles. The smallest absolute Gasteiger partial charge is 0.0709 e. The first-order valence-corrected chi connectivity index (χ1v) is 7.53. The highest BCUT2D eigenvalue weighted by molar-refractivity contribution is 5.62. The Bertz CT molecular complexity index is 684. The molecule has 104 valence electrons. The van der Waals surface area contributed by atoms with E-state index in [1.165, 1.54) is 23.4 Å². The Balaban J connectivity index is 1.90. The second-order valence-electron chi connectivity index (χ2n) is 6.73. The zero-order valence-electron chi connectivity index (χ0n) is 12.7. The van der Waals surface area contributed by atoms with Crippen molar-refractivity contribution in [3.05, 3.63) is 53.3 Å². The summed E-state index contributed by atoms with van der Waals surface area (Å²) in [6, 6.07) is 12.2. The van der Waals surface area contributed by atoms with Crippen LogP contribution in [0.2, 0.25) is 0 Å². The number of aryl methyl sites for hydroxylation is 2. The quantitative estimate of drug-likeness (QED) is 0.759. The topological polar surface area (TPSA) is 8.17 Å². The molecular formula is C18H22N2. The standard InChI is InChI=1S/C18H22N2/c1-12-7-5-6-8-15(12)20-13(2)18(3)11-16(20)17-14(18)9-10-19(17)4/h5-10,13,16H,11H2,1-4H3/t13-,16?,18?/m0/s1. The molecule has 2 bridgehead atoms. The Morgan fingerprint density at radius 2 is 1.95 bits per heavy atom. The van der Waals surface area contributed by atoms with E-state index in [2.05, 4.69) is 73.8 Å². The Labute approximate surface area is 121 Å². The number of para-hydroxylation sites is 1. The SMILES string of the molecule is Cc1ccccc1N1C2CC(C)(c3ccn(C)c32)[C@@H]1C. The van der Waals surface area contributed by atoms with Crippen LogP contribution in [0.3, 0.4) is 0 Å². The van der Waals surface area contributed by atoms with Crippen molar-refractivity contribution in [3.63, 3.8) is 0 Å². The molecule has 2 heterocycles. The summed E-state index contributed by atoms with van der Waals surface area (Å²) in [5.74, 6) is 0. The van der Waals surface area contributed by atoms with Crippen LogP contribution in [-0.4, -0.2) is 10.6 Å². The van der Waals surface area contributed by atoms with Crippen LogP contribution in [-0.2, 0) is 12.5 Å². The maximum absolute atomic E-state index is 2.65. The van der Waals surface area contributed by atoms with E-state index < -0.39 is 0 Å². The van der Waals surface area contributed by atoms with Gasteiger partial charge in [-0.25, -0.2) is 0 Å². The van der Waals surface area contributed by atoms with Crippen LogP contribution in [0.1, 0.15) is 43.1 Å². The molecule has 20 heavy (non-hydrogen) atoms. The van der Waals surface area contributed by atoms with Crippen LogP contribution >= 0.6 is 0 Å². The molecule has 4 rings (SSSR count). The predicted molar refractivity (Wildman–Crippen MR) is 83.2 cm³/mol. The van der Waals surface area contributed by atoms with Crippen molar-refractivity contribution in [2.45, 2.75) is 44.7 Å². The lowest BCUT2D eigenvalue weighted by atomic mass is 9.79. The van der Waals surface area contributed by atoms with Gasteiger partial charge in [0.15, 0.2) is 0 Å². The van der Waals surface area contributed by atoms with E-state index >= 15 is 0 Å². The zero-order chi connectivity index (χ0) is 14.1. The number of hydrogen-bond acceptors (Lipinski definition) is 1. The summed E-state index contributed by atoms with van der Waals surface area (Å²) in [6.45, 7) is 7.05. The average Bonchev–Trinajstić information content (AvgIpc) is 3.01. The van der Waals surface area contributed by atoms with Gasteiger partial charge in [0, 0.05) is 36.1 Å². The van der Waals surface area contributed by atoms with Crippen LogP contribution in [0.25, 0.3) is 0 Å². The Hall–Kier alpha value is -1.70. The van der Waals surface area contributed by atoms with Crippen molar-refractivity contribution in [2.75, 3.05) is 4.90 Å². The van der Waals surface area contributed by atoms with E-state index in [9.17, 15) is 0 Å². The molecule has 0 spiro atoms. The maximum atomic E-state index is 2.65. The summed E-state index contributed by atoms with van der Waals surface area (Å²) in [6.07, 6.45) is 3.48. The van der Waals surface area contributed by atoms with Gasteiger partial charge in [0.25, 0.3) is 0 Å². The number of nitrogens with zero attached hydrogens (tertiary/aromatic N) is 2. The fourth-order valence-corrected chi connectivity index (χ4v) is 4.48. The number of anilines is 1. The first-order chi connectivity index (χ1) is 9.54. The molecule has 2 heteroatoms. The average molecular weight is 266 g/mol. The minimum atomic E-state index is 0.295. The molecule has 1 fully saturated rings. The fraction of sp³-hybridized carbons (Fsp3) is 0.444. The van der Waals surface area contributed by atoms with Crippen LogP contribution in [0.5, 0.6) is 0 Å². The molecule has 1 aromatic heterocycles. The van der Waals surface area contributed by atoms with E-state index in [1.807, 2.05) is 0 Å². The molecule has 1 aromatic carbocycles. The van der Waals surface area contributed by atoms with Gasteiger partial charge < -0.3 is 9.47 Å². The number of hydrogen-bond donors (Lipinski definition) is 0. The molecule has 2 aromatic rings. The third-order valence-corrected chi connectivity index (χ3v) is 5.74. The highest BCUT2D eigenvalue weighted by Crippen LogP contribution is 2.59. The number of fused-ring (bicyclic) bond motifs is 5. The molecule has 0 amide bonds. The molecule has 1 aliphatic carbocycles. The van der Waals surface area contributed by atoms with Gasteiger partial charge in [-0.2, -0.15) is 0 Å². The second-order valence-corrected chi connectivity index (χ2v) is 6.73. The lowest BCUT2D eigenvalue weighted by molar-refractivity contribution is 0.449. The van der Waals surface area contributed by atoms with Gasteiger partial charge in [-0.3, -0.25) is 0 Å². The second kappa shape index (κ2) is 3.69. The number of benzene rings is 1. The molecule has 0 radical (unpaired) electrons. The van der Waals surface area contributed by atoms with Gasteiger partial charge in [0.1, 0.15) is 0 Å². The van der Waals surface area contributed by atoms with Gasteiger partial charge in [-0.15, -0.1) is 0 Å².